The number of hydrogen-bond acceptors (Lipinski definition) is 4. The molecule has 1 aliphatic heterocycles. The molecular formula is C23H24N4O4. The Balaban J connectivity index is 0.000000179. The Labute approximate surface area is 179 Å². The number of amides is 4. The van der Waals surface area contributed by atoms with Crippen molar-refractivity contribution in [3.8, 4) is 5.69 Å². The summed E-state index contributed by atoms with van der Waals surface area (Å²) in [6, 6.07) is 19.2. The van der Waals surface area contributed by atoms with Gasteiger partial charge in [-0.15, -0.1) is 0 Å². The maximum Gasteiger partial charge on any atom is 0.328 e. The van der Waals surface area contributed by atoms with Crippen LogP contribution in [0.3, 0.4) is 0 Å². The van der Waals surface area contributed by atoms with Gasteiger partial charge in [-0.2, -0.15) is 0 Å². The molecule has 4 rings (SSSR count). The van der Waals surface area contributed by atoms with Crippen molar-refractivity contribution >= 4 is 17.8 Å². The Morgan fingerprint density at radius 3 is 1.81 bits per heavy atom. The minimum atomic E-state index is -1.31. The molecule has 1 aliphatic rings. The molecule has 8 heteroatoms. The molecule has 0 unspecified atom stereocenters. The lowest BCUT2D eigenvalue weighted by Gasteiger charge is -2.33. The largest absolute Gasteiger partial charge is 0.328 e. The van der Waals surface area contributed by atoms with Crippen molar-refractivity contribution in [2.75, 3.05) is 0 Å². The van der Waals surface area contributed by atoms with Crippen LogP contribution >= 0.6 is 0 Å². The maximum atomic E-state index is 12.0. The lowest BCUT2D eigenvalue weighted by molar-refractivity contribution is -0.138. The van der Waals surface area contributed by atoms with E-state index in [2.05, 4.69) is 10.6 Å². The molecule has 0 atom stereocenters. The average Bonchev–Trinajstić information content (AvgIpc) is 3.01. The number of benzene rings is 2. The van der Waals surface area contributed by atoms with E-state index in [1.165, 1.54) is 0 Å². The van der Waals surface area contributed by atoms with Crippen LogP contribution in [-0.2, 0) is 22.1 Å². The fraction of sp³-hybridized carbons (Fsp3) is 0.217. The minimum Gasteiger partial charge on any atom is -0.285 e. The smallest absolute Gasteiger partial charge is 0.285 e. The number of nitrogens with one attached hydrogen (secondary N) is 2. The first-order valence-electron chi connectivity index (χ1n) is 9.84. The van der Waals surface area contributed by atoms with E-state index >= 15 is 0 Å². The van der Waals surface area contributed by atoms with Crippen LogP contribution in [-0.4, -0.2) is 27.2 Å². The van der Waals surface area contributed by atoms with E-state index in [9.17, 15) is 19.2 Å². The second-order valence-electron chi connectivity index (χ2n) is 7.16. The second-order valence-corrected chi connectivity index (χ2v) is 7.16. The van der Waals surface area contributed by atoms with Gasteiger partial charge in [-0.3, -0.25) is 29.7 Å². The van der Waals surface area contributed by atoms with Gasteiger partial charge in [0.1, 0.15) is 0 Å². The van der Waals surface area contributed by atoms with Crippen molar-refractivity contribution in [2.24, 2.45) is 7.05 Å². The molecule has 0 spiro atoms. The number of aryl methyl sites for hydroxylation is 1. The van der Waals surface area contributed by atoms with Crippen molar-refractivity contribution in [1.82, 2.24) is 20.0 Å². The third kappa shape index (κ3) is 4.05. The molecule has 160 valence electrons. The molecule has 2 N–H and O–H groups in total. The van der Waals surface area contributed by atoms with Gasteiger partial charge in [-0.05, 0) is 31.0 Å². The molecule has 0 radical (unpaired) electrons. The summed E-state index contributed by atoms with van der Waals surface area (Å²) in [7, 11) is 1.88. The molecule has 2 heterocycles. The van der Waals surface area contributed by atoms with Crippen LogP contribution in [0.15, 0.2) is 71.5 Å². The SMILES string of the molecule is CCC1(c2ccccc2)C(=O)NC(=O)NC1=O.Cc1cc(=O)n(-c2ccccc2)n1C. The average molecular weight is 420 g/mol. The molecule has 1 aromatic heterocycles. The molecule has 31 heavy (non-hydrogen) atoms. The predicted molar refractivity (Wildman–Crippen MR) is 116 cm³/mol. The maximum absolute atomic E-state index is 12.0. The Morgan fingerprint density at radius 2 is 1.35 bits per heavy atom. The van der Waals surface area contributed by atoms with Crippen molar-refractivity contribution in [3.05, 3.63) is 88.3 Å². The van der Waals surface area contributed by atoms with Gasteiger partial charge in [0.25, 0.3) is 5.56 Å². The van der Waals surface area contributed by atoms with Gasteiger partial charge >= 0.3 is 6.03 Å². The van der Waals surface area contributed by atoms with Gasteiger partial charge in [-0.25, -0.2) is 9.48 Å². The molecule has 0 bridgehead atoms. The van der Waals surface area contributed by atoms with Gasteiger partial charge in [0.15, 0.2) is 5.41 Å². The van der Waals surface area contributed by atoms with E-state index in [-0.39, 0.29) is 5.56 Å². The number of imide groups is 2. The Bertz CT molecular complexity index is 1140. The molecule has 2 aromatic carbocycles. The van der Waals surface area contributed by atoms with Crippen LogP contribution in [0.4, 0.5) is 4.79 Å². The van der Waals surface area contributed by atoms with Crippen LogP contribution in [0.1, 0.15) is 24.6 Å². The summed E-state index contributed by atoms with van der Waals surface area (Å²) in [6.45, 7) is 3.66. The molecule has 4 amide bonds. The molecule has 1 saturated heterocycles. The quantitative estimate of drug-likeness (QED) is 0.634. The van der Waals surface area contributed by atoms with E-state index in [1.54, 1.807) is 48.0 Å². The summed E-state index contributed by atoms with van der Waals surface area (Å²) < 4.78 is 3.49. The normalized spacial score (nSPS) is 14.9. The number of nitrogens with zero attached hydrogens (tertiary/aromatic N) is 2. The lowest BCUT2D eigenvalue weighted by Crippen LogP contribution is -2.64. The van der Waals surface area contributed by atoms with Gasteiger partial charge < -0.3 is 0 Å². The third-order valence-electron chi connectivity index (χ3n) is 5.38. The summed E-state index contributed by atoms with van der Waals surface area (Å²) in [4.78, 5) is 46.6. The number of rotatable bonds is 3. The predicted octanol–water partition coefficient (Wildman–Crippen LogP) is 2.18. The zero-order chi connectivity index (χ0) is 22.6. The van der Waals surface area contributed by atoms with Gasteiger partial charge in [0.2, 0.25) is 11.8 Å². The highest BCUT2D eigenvalue weighted by atomic mass is 16.2. The van der Waals surface area contributed by atoms with E-state index < -0.39 is 23.3 Å². The molecule has 8 nitrogen and oxygen atoms in total. The number of urea groups is 1. The highest BCUT2D eigenvalue weighted by Crippen LogP contribution is 2.30. The highest BCUT2D eigenvalue weighted by molar-refractivity contribution is 6.22. The summed E-state index contributed by atoms with van der Waals surface area (Å²) in [5.74, 6) is -1.14. The van der Waals surface area contributed by atoms with E-state index in [1.807, 2.05) is 49.0 Å². The first-order chi connectivity index (χ1) is 14.8. The topological polar surface area (TPSA) is 102 Å². The van der Waals surface area contributed by atoms with Crippen LogP contribution < -0.4 is 16.2 Å². The molecular weight excluding hydrogens is 396 g/mol. The monoisotopic (exact) mass is 420 g/mol. The Hall–Kier alpha value is -3.94. The summed E-state index contributed by atoms with van der Waals surface area (Å²) in [5, 5.41) is 4.28. The second kappa shape index (κ2) is 8.83. The number of carbonyl (C=O) groups is 3. The lowest BCUT2D eigenvalue weighted by atomic mass is 9.75. The Morgan fingerprint density at radius 1 is 0.839 bits per heavy atom. The number of aromatic nitrogens is 2. The van der Waals surface area contributed by atoms with Crippen molar-refractivity contribution < 1.29 is 14.4 Å². The van der Waals surface area contributed by atoms with Crippen molar-refractivity contribution in [3.63, 3.8) is 0 Å². The van der Waals surface area contributed by atoms with E-state index in [4.69, 9.17) is 0 Å². The van der Waals surface area contributed by atoms with Crippen LogP contribution in [0.25, 0.3) is 5.69 Å². The third-order valence-corrected chi connectivity index (χ3v) is 5.38. The van der Waals surface area contributed by atoms with Crippen LogP contribution in [0.2, 0.25) is 0 Å². The first-order valence-corrected chi connectivity index (χ1v) is 9.84. The zero-order valence-corrected chi connectivity index (χ0v) is 17.6. The molecule has 3 aromatic rings. The number of para-hydroxylation sites is 1. The van der Waals surface area contributed by atoms with E-state index in [0.717, 1.165) is 11.4 Å². The van der Waals surface area contributed by atoms with Crippen molar-refractivity contribution in [1.29, 1.82) is 0 Å². The summed E-state index contributed by atoms with van der Waals surface area (Å²) >= 11 is 0. The van der Waals surface area contributed by atoms with Gasteiger partial charge in [-0.1, -0.05) is 55.5 Å². The zero-order valence-electron chi connectivity index (χ0n) is 17.6. The molecule has 1 fully saturated rings. The highest BCUT2D eigenvalue weighted by Gasteiger charge is 2.50. The Kier molecular flexibility index (Phi) is 6.20. The summed E-state index contributed by atoms with van der Waals surface area (Å²) in [5.41, 5.74) is 1.14. The fourth-order valence-corrected chi connectivity index (χ4v) is 3.57. The number of hydrogen-bond donors (Lipinski definition) is 2. The summed E-state index contributed by atoms with van der Waals surface area (Å²) in [6.07, 6.45) is 0.294. The number of carbonyl (C=O) groups excluding carboxylic acids is 3. The van der Waals surface area contributed by atoms with Crippen LogP contribution in [0.5, 0.6) is 0 Å². The molecule has 0 saturated carbocycles. The van der Waals surface area contributed by atoms with Gasteiger partial charge in [0, 0.05) is 18.8 Å². The van der Waals surface area contributed by atoms with E-state index in [0.29, 0.717) is 12.0 Å². The van der Waals surface area contributed by atoms with Gasteiger partial charge in [0.05, 0.1) is 5.69 Å². The van der Waals surface area contributed by atoms with Crippen LogP contribution in [0, 0.1) is 6.92 Å². The number of barbiturate groups is 1. The minimum absolute atomic E-state index is 0.0104. The molecule has 0 aliphatic carbocycles. The standard InChI is InChI=1S/C12H12N2O3.C11H12N2O/c1-2-12(8-6-4-3-5-7-8)9(15)13-11(17)14-10(12)16;1-9-8-11(14)13(12(9)2)10-6-4-3-5-7-10/h3-7H,2H2,1H3,(H2,13,14,15,16,17);3-8H,1-2H3. The fourth-order valence-electron chi connectivity index (χ4n) is 3.57. The first kappa shape index (κ1) is 21.8. The van der Waals surface area contributed by atoms with Crippen molar-refractivity contribution in [2.45, 2.75) is 25.7 Å².